The molecule has 2 aromatic heterocycles. The molecular weight excluding hydrogens is 334 g/mol. The molecule has 0 radical (unpaired) electrons. The highest BCUT2D eigenvalue weighted by Gasteiger charge is 2.16. The lowest BCUT2D eigenvalue weighted by Gasteiger charge is -2.04. The zero-order valence-corrected chi connectivity index (χ0v) is 12.8. The molecule has 0 aliphatic heterocycles. The van der Waals surface area contributed by atoms with Crippen molar-refractivity contribution in [1.82, 2.24) is 15.0 Å². The van der Waals surface area contributed by atoms with Crippen molar-refractivity contribution in [2.75, 3.05) is 10.6 Å². The summed E-state index contributed by atoms with van der Waals surface area (Å²) in [5, 5.41) is 5.37. The zero-order valence-electron chi connectivity index (χ0n) is 12.1. The van der Waals surface area contributed by atoms with Crippen molar-refractivity contribution in [3.05, 3.63) is 65.5 Å². The van der Waals surface area contributed by atoms with Crippen molar-refractivity contribution in [2.24, 2.45) is 0 Å². The molecule has 0 saturated carbocycles. The topological polar surface area (TPSA) is 110 Å². The van der Waals surface area contributed by atoms with Crippen molar-refractivity contribution >= 4 is 35.1 Å². The Morgan fingerprint density at radius 1 is 1.04 bits per heavy atom. The number of nitrogens with zero attached hydrogens (tertiary/aromatic N) is 3. The lowest BCUT2D eigenvalue weighted by molar-refractivity contribution is 0.101. The summed E-state index contributed by atoms with van der Waals surface area (Å²) in [6.45, 7) is 0. The predicted octanol–water partition coefficient (Wildman–Crippen LogP) is 2.62. The third-order valence-corrected chi connectivity index (χ3v) is 3.20. The number of carbonyl (C=O) groups excluding carboxylic acids is 2. The molecule has 0 aliphatic rings. The molecule has 120 valence electrons. The van der Waals surface area contributed by atoms with Gasteiger partial charge in [0.25, 0.3) is 11.8 Å². The van der Waals surface area contributed by atoms with Crippen LogP contribution in [0.4, 0.5) is 11.7 Å². The van der Waals surface area contributed by atoms with E-state index in [2.05, 4.69) is 25.6 Å². The molecule has 0 fully saturated rings. The van der Waals surface area contributed by atoms with Gasteiger partial charge in [0.15, 0.2) is 5.69 Å². The van der Waals surface area contributed by atoms with Crippen LogP contribution in [0.1, 0.15) is 21.0 Å². The van der Waals surface area contributed by atoms with Gasteiger partial charge in [0.2, 0.25) is 0 Å². The number of anilines is 2. The lowest BCUT2D eigenvalue weighted by Crippen LogP contribution is -2.15. The number of carbonyl (C=O) groups is 2. The van der Waals surface area contributed by atoms with Gasteiger partial charge in [-0.1, -0.05) is 23.7 Å². The van der Waals surface area contributed by atoms with Crippen LogP contribution in [0, 0.1) is 0 Å². The molecule has 8 nitrogen and oxygen atoms in total. The SMILES string of the molecule is O=C(Nc1nc(C(=O)Nc2ccccc2Cl)co1)c1cnccn1. The predicted molar refractivity (Wildman–Crippen MR) is 85.9 cm³/mol. The number of hydrogen-bond acceptors (Lipinski definition) is 6. The van der Waals surface area contributed by atoms with E-state index in [9.17, 15) is 9.59 Å². The van der Waals surface area contributed by atoms with Crippen molar-refractivity contribution < 1.29 is 14.0 Å². The molecule has 2 N–H and O–H groups in total. The average molecular weight is 344 g/mol. The number of rotatable bonds is 4. The molecule has 24 heavy (non-hydrogen) atoms. The van der Waals surface area contributed by atoms with E-state index in [1.54, 1.807) is 24.3 Å². The van der Waals surface area contributed by atoms with E-state index < -0.39 is 11.8 Å². The quantitative estimate of drug-likeness (QED) is 0.753. The summed E-state index contributed by atoms with van der Waals surface area (Å²) >= 11 is 5.97. The highest BCUT2D eigenvalue weighted by Crippen LogP contribution is 2.21. The fourth-order valence-electron chi connectivity index (χ4n) is 1.76. The van der Waals surface area contributed by atoms with E-state index in [0.29, 0.717) is 10.7 Å². The van der Waals surface area contributed by atoms with Crippen LogP contribution in [0.15, 0.2) is 53.5 Å². The van der Waals surface area contributed by atoms with Crippen LogP contribution in [-0.2, 0) is 0 Å². The third kappa shape index (κ3) is 3.55. The lowest BCUT2D eigenvalue weighted by atomic mass is 10.3. The molecule has 0 atom stereocenters. The molecule has 2 heterocycles. The fraction of sp³-hybridized carbons (Fsp3) is 0. The smallest absolute Gasteiger partial charge is 0.302 e. The number of aromatic nitrogens is 3. The summed E-state index contributed by atoms with van der Waals surface area (Å²) in [4.78, 5) is 35.5. The van der Waals surface area contributed by atoms with Gasteiger partial charge in [-0.25, -0.2) is 4.98 Å². The number of nitrogens with one attached hydrogen (secondary N) is 2. The molecule has 0 bridgehead atoms. The summed E-state index contributed by atoms with van der Waals surface area (Å²) in [6, 6.07) is 6.64. The van der Waals surface area contributed by atoms with E-state index in [0.717, 1.165) is 6.26 Å². The van der Waals surface area contributed by atoms with Crippen molar-refractivity contribution in [2.45, 2.75) is 0 Å². The number of amides is 2. The molecule has 2 amide bonds. The number of halogens is 1. The average Bonchev–Trinajstić information content (AvgIpc) is 3.06. The maximum Gasteiger partial charge on any atom is 0.302 e. The molecule has 0 spiro atoms. The highest BCUT2D eigenvalue weighted by molar-refractivity contribution is 6.33. The minimum atomic E-state index is -0.553. The van der Waals surface area contributed by atoms with Gasteiger partial charge in [-0.2, -0.15) is 4.98 Å². The Bertz CT molecular complexity index is 882. The first-order chi connectivity index (χ1) is 11.6. The first-order valence-electron chi connectivity index (χ1n) is 6.72. The van der Waals surface area contributed by atoms with Crippen LogP contribution >= 0.6 is 11.6 Å². The molecule has 3 rings (SSSR count). The summed E-state index contributed by atoms with van der Waals surface area (Å²) in [6.07, 6.45) is 5.24. The molecule has 9 heteroatoms. The molecule has 0 aliphatic carbocycles. The molecule has 0 unspecified atom stereocenters. The summed E-state index contributed by atoms with van der Waals surface area (Å²) < 4.78 is 5.06. The van der Waals surface area contributed by atoms with Crippen LogP contribution < -0.4 is 10.6 Å². The van der Waals surface area contributed by atoms with Crippen LogP contribution in [-0.4, -0.2) is 26.8 Å². The second kappa shape index (κ2) is 6.88. The van der Waals surface area contributed by atoms with Gasteiger partial charge in [0.1, 0.15) is 12.0 Å². The van der Waals surface area contributed by atoms with Crippen LogP contribution in [0.25, 0.3) is 0 Å². The second-order valence-corrected chi connectivity index (χ2v) is 4.92. The van der Waals surface area contributed by atoms with Crippen LogP contribution in [0.2, 0.25) is 5.02 Å². The Morgan fingerprint density at radius 3 is 2.58 bits per heavy atom. The normalized spacial score (nSPS) is 10.2. The molecule has 3 aromatic rings. The Morgan fingerprint density at radius 2 is 1.83 bits per heavy atom. The first kappa shape index (κ1) is 15.6. The van der Waals surface area contributed by atoms with Crippen LogP contribution in [0.3, 0.4) is 0 Å². The van der Waals surface area contributed by atoms with Gasteiger partial charge >= 0.3 is 6.01 Å². The van der Waals surface area contributed by atoms with Gasteiger partial charge in [0.05, 0.1) is 16.9 Å². The van der Waals surface area contributed by atoms with Gasteiger partial charge in [-0.05, 0) is 12.1 Å². The van der Waals surface area contributed by atoms with Crippen molar-refractivity contribution in [1.29, 1.82) is 0 Å². The fourth-order valence-corrected chi connectivity index (χ4v) is 1.94. The van der Waals surface area contributed by atoms with Gasteiger partial charge < -0.3 is 9.73 Å². The largest absolute Gasteiger partial charge is 0.431 e. The monoisotopic (exact) mass is 343 g/mol. The molecule has 0 saturated heterocycles. The number of benzene rings is 1. The van der Waals surface area contributed by atoms with E-state index in [-0.39, 0.29) is 17.4 Å². The van der Waals surface area contributed by atoms with Crippen molar-refractivity contribution in [3.63, 3.8) is 0 Å². The van der Waals surface area contributed by atoms with E-state index >= 15 is 0 Å². The van der Waals surface area contributed by atoms with E-state index in [4.69, 9.17) is 16.0 Å². The Kier molecular flexibility index (Phi) is 4.48. The second-order valence-electron chi connectivity index (χ2n) is 4.52. The Labute approximate surface area is 140 Å². The van der Waals surface area contributed by atoms with Gasteiger partial charge in [-0.15, -0.1) is 0 Å². The minimum Gasteiger partial charge on any atom is -0.431 e. The van der Waals surface area contributed by atoms with E-state index in [1.807, 2.05) is 0 Å². The highest BCUT2D eigenvalue weighted by atomic mass is 35.5. The maximum absolute atomic E-state index is 12.1. The summed E-state index contributed by atoms with van der Waals surface area (Å²) in [5.74, 6) is -1.07. The van der Waals surface area contributed by atoms with E-state index in [1.165, 1.54) is 18.6 Å². The first-order valence-corrected chi connectivity index (χ1v) is 7.10. The standard InChI is InChI=1S/C15H10ClN5O3/c16-9-3-1-2-4-10(9)19-14(23)12-8-24-15(20-12)21-13(22)11-7-17-5-6-18-11/h1-8H,(H,19,23)(H,20,21,22). The molecule has 1 aromatic carbocycles. The minimum absolute atomic E-state index is 0.00985. The Balaban J connectivity index is 1.68. The zero-order chi connectivity index (χ0) is 16.9. The molecular formula is C15H10ClN5O3. The number of hydrogen-bond donors (Lipinski definition) is 2. The summed E-state index contributed by atoms with van der Waals surface area (Å²) in [5.41, 5.74) is 0.527. The Hall–Kier alpha value is -3.26. The number of para-hydroxylation sites is 1. The number of oxazole rings is 1. The van der Waals surface area contributed by atoms with Gasteiger partial charge in [-0.3, -0.25) is 19.9 Å². The third-order valence-electron chi connectivity index (χ3n) is 2.88. The maximum atomic E-state index is 12.1. The van der Waals surface area contributed by atoms with Crippen LogP contribution in [0.5, 0.6) is 0 Å². The van der Waals surface area contributed by atoms with Gasteiger partial charge in [0, 0.05) is 12.4 Å². The summed E-state index contributed by atoms with van der Waals surface area (Å²) in [7, 11) is 0. The van der Waals surface area contributed by atoms with Crippen molar-refractivity contribution in [3.8, 4) is 0 Å².